The number of carbonyl (C=O) groups excluding carboxylic acids is 1. The van der Waals surface area contributed by atoms with Gasteiger partial charge in [0.2, 0.25) is 0 Å². The second-order valence-electron chi connectivity index (χ2n) is 2.57. The minimum absolute atomic E-state index is 0.202. The van der Waals surface area contributed by atoms with Crippen molar-refractivity contribution in [3.05, 3.63) is 23.8 Å². The Hall–Kier alpha value is -1.45. The maximum atomic E-state index is 11.1. The molecule has 0 aromatic carbocycles. The van der Waals surface area contributed by atoms with E-state index in [1.807, 2.05) is 6.92 Å². The lowest BCUT2D eigenvalue weighted by Gasteiger charge is -2.02. The van der Waals surface area contributed by atoms with Crippen molar-refractivity contribution in [3.63, 3.8) is 0 Å². The van der Waals surface area contributed by atoms with Gasteiger partial charge in [0.1, 0.15) is 0 Å². The van der Waals surface area contributed by atoms with Crippen LogP contribution in [0, 0.1) is 6.92 Å². The van der Waals surface area contributed by atoms with Gasteiger partial charge in [-0.3, -0.25) is 14.8 Å². The van der Waals surface area contributed by atoms with Crippen molar-refractivity contribution in [1.82, 2.24) is 9.97 Å². The fourth-order valence-corrected chi connectivity index (χ4v) is 0.959. The van der Waals surface area contributed by atoms with Gasteiger partial charge >= 0.3 is 5.97 Å². The van der Waals surface area contributed by atoms with Crippen molar-refractivity contribution in [3.8, 4) is 0 Å². The van der Waals surface area contributed by atoms with Gasteiger partial charge in [-0.05, 0) is 13.8 Å². The number of ether oxygens (including phenoxy) is 1. The van der Waals surface area contributed by atoms with Gasteiger partial charge in [-0.2, -0.15) is 0 Å². The highest BCUT2D eigenvalue weighted by Gasteiger charge is 2.07. The van der Waals surface area contributed by atoms with Gasteiger partial charge in [-0.25, -0.2) is 0 Å². The number of carbonyl (C=O) groups is 1. The van der Waals surface area contributed by atoms with Crippen LogP contribution in [0.2, 0.25) is 0 Å². The molecular weight excluding hydrogens is 168 g/mol. The first-order chi connectivity index (χ1) is 6.24. The lowest BCUT2D eigenvalue weighted by molar-refractivity contribution is -0.142. The summed E-state index contributed by atoms with van der Waals surface area (Å²) in [6, 6.07) is 0. The molecule has 1 heterocycles. The van der Waals surface area contributed by atoms with Gasteiger partial charge in [-0.15, -0.1) is 0 Å². The molecule has 1 aromatic rings. The van der Waals surface area contributed by atoms with Crippen LogP contribution >= 0.6 is 0 Å². The highest BCUT2D eigenvalue weighted by Crippen LogP contribution is 2.01. The number of hydrogen-bond acceptors (Lipinski definition) is 4. The van der Waals surface area contributed by atoms with Gasteiger partial charge in [0.15, 0.2) is 0 Å². The number of rotatable bonds is 3. The van der Waals surface area contributed by atoms with Crippen molar-refractivity contribution in [2.45, 2.75) is 20.3 Å². The van der Waals surface area contributed by atoms with Crippen molar-refractivity contribution >= 4 is 5.97 Å². The molecule has 0 radical (unpaired) electrons. The first-order valence-corrected chi connectivity index (χ1v) is 4.16. The van der Waals surface area contributed by atoms with Crippen molar-refractivity contribution in [1.29, 1.82) is 0 Å². The van der Waals surface area contributed by atoms with Gasteiger partial charge in [0.25, 0.3) is 0 Å². The summed E-state index contributed by atoms with van der Waals surface area (Å²) in [5, 5.41) is 0. The van der Waals surface area contributed by atoms with Crippen molar-refractivity contribution in [2.75, 3.05) is 6.61 Å². The smallest absolute Gasteiger partial charge is 0.311 e. The Morgan fingerprint density at radius 2 is 2.15 bits per heavy atom. The maximum absolute atomic E-state index is 11.1. The molecular formula is C9H12N2O2. The average molecular weight is 180 g/mol. The van der Waals surface area contributed by atoms with E-state index >= 15 is 0 Å². The Morgan fingerprint density at radius 1 is 1.46 bits per heavy atom. The summed E-state index contributed by atoms with van der Waals surface area (Å²) in [6.07, 6.45) is 3.37. The molecule has 0 fully saturated rings. The zero-order chi connectivity index (χ0) is 9.68. The van der Waals surface area contributed by atoms with Crippen molar-refractivity contribution in [2.24, 2.45) is 0 Å². The summed E-state index contributed by atoms with van der Waals surface area (Å²) in [5.74, 6) is -0.258. The van der Waals surface area contributed by atoms with Gasteiger partial charge in [-0.1, -0.05) is 0 Å². The van der Waals surface area contributed by atoms with Crippen LogP contribution in [0.15, 0.2) is 12.4 Å². The normalized spacial score (nSPS) is 9.69. The van der Waals surface area contributed by atoms with E-state index in [1.165, 1.54) is 0 Å². The van der Waals surface area contributed by atoms with Crippen LogP contribution in [0.1, 0.15) is 18.3 Å². The highest BCUT2D eigenvalue weighted by molar-refractivity contribution is 5.72. The van der Waals surface area contributed by atoms with E-state index in [1.54, 1.807) is 19.3 Å². The summed E-state index contributed by atoms with van der Waals surface area (Å²) in [7, 11) is 0. The molecule has 0 saturated heterocycles. The predicted octanol–water partition coefficient (Wildman–Crippen LogP) is 0.891. The second-order valence-corrected chi connectivity index (χ2v) is 2.57. The number of esters is 1. The second kappa shape index (κ2) is 4.54. The molecule has 0 atom stereocenters. The lowest BCUT2D eigenvalue weighted by Crippen LogP contribution is -2.10. The summed E-state index contributed by atoms with van der Waals surface area (Å²) < 4.78 is 4.79. The molecule has 0 aliphatic carbocycles. The zero-order valence-electron chi connectivity index (χ0n) is 7.78. The Labute approximate surface area is 77.0 Å². The molecule has 0 spiro atoms. The third-order valence-electron chi connectivity index (χ3n) is 1.60. The molecule has 0 bridgehead atoms. The number of aromatic nitrogens is 2. The molecule has 13 heavy (non-hydrogen) atoms. The molecule has 4 heteroatoms. The maximum Gasteiger partial charge on any atom is 0.311 e. The van der Waals surface area contributed by atoms with E-state index in [2.05, 4.69) is 9.97 Å². The first kappa shape index (κ1) is 9.64. The Bertz CT molecular complexity index is 299. The van der Waals surface area contributed by atoms with Crippen LogP contribution < -0.4 is 0 Å². The van der Waals surface area contributed by atoms with Gasteiger partial charge in [0, 0.05) is 12.4 Å². The molecule has 70 valence electrons. The minimum Gasteiger partial charge on any atom is -0.466 e. The first-order valence-electron chi connectivity index (χ1n) is 4.16. The summed E-state index contributed by atoms with van der Waals surface area (Å²) in [5.41, 5.74) is 1.46. The SMILES string of the molecule is CCOC(=O)Cc1nccnc1C. The van der Waals surface area contributed by atoms with Crippen LogP contribution in [0.25, 0.3) is 0 Å². The molecule has 0 aliphatic heterocycles. The summed E-state index contributed by atoms with van der Waals surface area (Å²) in [4.78, 5) is 19.1. The van der Waals surface area contributed by atoms with E-state index in [4.69, 9.17) is 4.74 Å². The molecule has 0 saturated carbocycles. The van der Waals surface area contributed by atoms with Crippen LogP contribution in [-0.4, -0.2) is 22.5 Å². The minimum atomic E-state index is -0.258. The zero-order valence-corrected chi connectivity index (χ0v) is 7.78. The van der Waals surface area contributed by atoms with Gasteiger partial charge < -0.3 is 4.74 Å². The Kier molecular flexibility index (Phi) is 3.37. The standard InChI is InChI=1S/C9H12N2O2/c1-3-13-9(12)6-8-7(2)10-4-5-11-8/h4-5H,3,6H2,1-2H3. The van der Waals surface area contributed by atoms with E-state index < -0.39 is 0 Å². The largest absolute Gasteiger partial charge is 0.466 e. The third kappa shape index (κ3) is 2.82. The molecule has 4 nitrogen and oxygen atoms in total. The van der Waals surface area contributed by atoms with Crippen LogP contribution in [-0.2, 0) is 16.0 Å². The molecule has 0 unspecified atom stereocenters. The fraction of sp³-hybridized carbons (Fsp3) is 0.444. The van der Waals surface area contributed by atoms with Gasteiger partial charge in [0.05, 0.1) is 24.4 Å². The summed E-state index contributed by atoms with van der Waals surface area (Å²) in [6.45, 7) is 4.00. The molecule has 1 aromatic heterocycles. The van der Waals surface area contributed by atoms with E-state index in [0.29, 0.717) is 12.3 Å². The lowest BCUT2D eigenvalue weighted by atomic mass is 10.2. The molecule has 1 rings (SSSR count). The fourth-order valence-electron chi connectivity index (χ4n) is 0.959. The predicted molar refractivity (Wildman–Crippen MR) is 47.1 cm³/mol. The average Bonchev–Trinajstić information content (AvgIpc) is 2.09. The van der Waals surface area contributed by atoms with Crippen LogP contribution in [0.3, 0.4) is 0 Å². The topological polar surface area (TPSA) is 52.1 Å². The third-order valence-corrected chi connectivity index (χ3v) is 1.60. The van der Waals surface area contributed by atoms with E-state index in [0.717, 1.165) is 5.69 Å². The Morgan fingerprint density at radius 3 is 2.77 bits per heavy atom. The van der Waals surface area contributed by atoms with Crippen LogP contribution in [0.5, 0.6) is 0 Å². The molecule has 0 amide bonds. The quantitative estimate of drug-likeness (QED) is 0.648. The molecule has 0 aliphatic rings. The highest BCUT2D eigenvalue weighted by atomic mass is 16.5. The van der Waals surface area contributed by atoms with E-state index in [9.17, 15) is 4.79 Å². The summed E-state index contributed by atoms with van der Waals surface area (Å²) >= 11 is 0. The number of hydrogen-bond donors (Lipinski definition) is 0. The van der Waals surface area contributed by atoms with Crippen LogP contribution in [0.4, 0.5) is 0 Å². The number of nitrogens with zero attached hydrogens (tertiary/aromatic N) is 2. The van der Waals surface area contributed by atoms with Crippen molar-refractivity contribution < 1.29 is 9.53 Å². The monoisotopic (exact) mass is 180 g/mol. The van der Waals surface area contributed by atoms with E-state index in [-0.39, 0.29) is 12.4 Å². The Balaban J connectivity index is 2.63. The molecule has 0 N–H and O–H groups in total. The number of aryl methyl sites for hydroxylation is 1.